The molecule has 1 saturated heterocycles. The van der Waals surface area contributed by atoms with Crippen LogP contribution in [0.1, 0.15) is 35.2 Å². The third-order valence-electron chi connectivity index (χ3n) is 9.18. The van der Waals surface area contributed by atoms with Gasteiger partial charge >= 0.3 is 0 Å². The lowest BCUT2D eigenvalue weighted by Gasteiger charge is -2.39. The van der Waals surface area contributed by atoms with E-state index in [-0.39, 0.29) is 18.5 Å². The maximum absolute atomic E-state index is 3.79. The maximum Gasteiger partial charge on any atom is 0.0864 e. The number of benzene rings is 7. The fraction of sp³-hybridized carbons (Fsp3) is 0.0732. The Morgan fingerprint density at radius 3 is 1.62 bits per heavy atom. The fourth-order valence-corrected chi connectivity index (χ4v) is 8.04. The van der Waals surface area contributed by atoms with Gasteiger partial charge in [0.25, 0.3) is 0 Å². The van der Waals surface area contributed by atoms with Crippen molar-refractivity contribution < 1.29 is 0 Å². The summed E-state index contributed by atoms with van der Waals surface area (Å²) in [6, 6.07) is 55.0. The average molecular weight is 598 g/mol. The lowest BCUT2D eigenvalue weighted by Crippen LogP contribution is -2.54. The maximum atomic E-state index is 3.79. The smallest absolute Gasteiger partial charge is 0.0864 e. The van der Waals surface area contributed by atoms with Crippen molar-refractivity contribution in [3.63, 3.8) is 0 Å². The SMILES string of the molecule is c1ccc(C2NC(c3ccccc3)NC(c3ccc(-c4ccc5c(ccc6ccc7sc8ccccc8c7c65)c4)cc3)N2)cc1. The van der Waals surface area contributed by atoms with Crippen LogP contribution >= 0.6 is 11.3 Å². The Hall–Kier alpha value is -4.84. The summed E-state index contributed by atoms with van der Waals surface area (Å²) >= 11 is 1.88. The summed E-state index contributed by atoms with van der Waals surface area (Å²) in [5.41, 5.74) is 6.09. The van der Waals surface area contributed by atoms with Crippen molar-refractivity contribution >= 4 is 53.1 Å². The normalized spacial score (nSPS) is 18.6. The summed E-state index contributed by atoms with van der Waals surface area (Å²) < 4.78 is 2.69. The lowest BCUT2D eigenvalue weighted by atomic mass is 9.94. The zero-order valence-electron chi connectivity index (χ0n) is 24.6. The predicted molar refractivity (Wildman–Crippen MR) is 190 cm³/mol. The molecular formula is C41H31N3S. The fourth-order valence-electron chi connectivity index (χ4n) is 6.93. The molecule has 0 saturated carbocycles. The molecule has 7 aromatic carbocycles. The summed E-state index contributed by atoms with van der Waals surface area (Å²) in [5, 5.41) is 19.3. The zero-order valence-corrected chi connectivity index (χ0v) is 25.4. The van der Waals surface area contributed by atoms with Gasteiger partial charge in [-0.2, -0.15) is 0 Å². The van der Waals surface area contributed by atoms with Gasteiger partial charge in [-0.05, 0) is 67.6 Å². The van der Waals surface area contributed by atoms with Gasteiger partial charge in [-0.15, -0.1) is 11.3 Å². The van der Waals surface area contributed by atoms with E-state index < -0.39 is 0 Å². The van der Waals surface area contributed by atoms with Crippen molar-refractivity contribution in [3.05, 3.63) is 168 Å². The van der Waals surface area contributed by atoms with E-state index in [1.165, 1.54) is 69.5 Å². The average Bonchev–Trinajstić information content (AvgIpc) is 3.51. The van der Waals surface area contributed by atoms with Crippen LogP contribution < -0.4 is 16.0 Å². The highest BCUT2D eigenvalue weighted by molar-refractivity contribution is 7.26. The molecule has 2 unspecified atom stereocenters. The van der Waals surface area contributed by atoms with Crippen molar-refractivity contribution in [3.8, 4) is 11.1 Å². The van der Waals surface area contributed by atoms with Crippen LogP contribution in [-0.4, -0.2) is 0 Å². The third kappa shape index (κ3) is 4.71. The highest BCUT2D eigenvalue weighted by atomic mass is 32.1. The van der Waals surface area contributed by atoms with Gasteiger partial charge in [0.15, 0.2) is 0 Å². The molecule has 0 bridgehead atoms. The Morgan fingerprint density at radius 1 is 0.378 bits per heavy atom. The molecule has 45 heavy (non-hydrogen) atoms. The van der Waals surface area contributed by atoms with Crippen LogP contribution in [0.25, 0.3) is 52.8 Å². The van der Waals surface area contributed by atoms with Gasteiger partial charge in [-0.25, -0.2) is 0 Å². The van der Waals surface area contributed by atoms with Crippen molar-refractivity contribution in [1.29, 1.82) is 0 Å². The molecule has 0 spiro atoms. The molecule has 216 valence electrons. The molecule has 0 amide bonds. The first kappa shape index (κ1) is 26.6. The van der Waals surface area contributed by atoms with Crippen molar-refractivity contribution in [1.82, 2.24) is 16.0 Å². The monoisotopic (exact) mass is 597 g/mol. The van der Waals surface area contributed by atoms with Crippen LogP contribution in [0.3, 0.4) is 0 Å². The van der Waals surface area contributed by atoms with Crippen LogP contribution in [-0.2, 0) is 0 Å². The van der Waals surface area contributed by atoms with Crippen LogP contribution in [0.15, 0.2) is 152 Å². The molecule has 3 N–H and O–H groups in total. The van der Waals surface area contributed by atoms with Crippen LogP contribution in [0.2, 0.25) is 0 Å². The van der Waals surface area contributed by atoms with Crippen LogP contribution in [0.5, 0.6) is 0 Å². The number of hydrogen-bond donors (Lipinski definition) is 3. The topological polar surface area (TPSA) is 36.1 Å². The Kier molecular flexibility index (Phi) is 6.46. The summed E-state index contributed by atoms with van der Waals surface area (Å²) in [6.45, 7) is 0. The van der Waals surface area contributed by atoms with Crippen LogP contribution in [0, 0.1) is 0 Å². The molecule has 1 aliphatic rings. The van der Waals surface area contributed by atoms with Crippen molar-refractivity contribution in [2.45, 2.75) is 18.5 Å². The van der Waals surface area contributed by atoms with E-state index in [9.17, 15) is 0 Å². The number of thiophene rings is 1. The second-order valence-electron chi connectivity index (χ2n) is 11.9. The van der Waals surface area contributed by atoms with Gasteiger partial charge in [0.2, 0.25) is 0 Å². The largest absolute Gasteiger partial charge is 0.279 e. The van der Waals surface area contributed by atoms with Crippen molar-refractivity contribution in [2.24, 2.45) is 0 Å². The second kappa shape index (κ2) is 11.0. The molecule has 3 nitrogen and oxygen atoms in total. The molecule has 9 rings (SSSR count). The highest BCUT2D eigenvalue weighted by Gasteiger charge is 2.29. The molecule has 0 radical (unpaired) electrons. The molecule has 2 heterocycles. The van der Waals surface area contributed by atoms with E-state index in [0.717, 1.165) is 0 Å². The number of hydrogen-bond acceptors (Lipinski definition) is 4. The summed E-state index contributed by atoms with van der Waals surface area (Å²) in [4.78, 5) is 0. The summed E-state index contributed by atoms with van der Waals surface area (Å²) in [7, 11) is 0. The number of fused-ring (bicyclic) bond motifs is 7. The Labute approximate surface area is 266 Å². The quantitative estimate of drug-likeness (QED) is 0.177. The molecule has 1 aliphatic heterocycles. The van der Waals surface area contributed by atoms with Crippen molar-refractivity contribution in [2.75, 3.05) is 0 Å². The van der Waals surface area contributed by atoms with Gasteiger partial charge in [0, 0.05) is 20.2 Å². The third-order valence-corrected chi connectivity index (χ3v) is 10.3. The second-order valence-corrected chi connectivity index (χ2v) is 13.0. The van der Waals surface area contributed by atoms with E-state index in [4.69, 9.17) is 0 Å². The van der Waals surface area contributed by atoms with Gasteiger partial charge < -0.3 is 0 Å². The van der Waals surface area contributed by atoms with Gasteiger partial charge in [0.1, 0.15) is 0 Å². The van der Waals surface area contributed by atoms with Gasteiger partial charge in [0.05, 0.1) is 18.5 Å². The van der Waals surface area contributed by atoms with E-state index in [1.807, 2.05) is 11.3 Å². The summed E-state index contributed by atoms with van der Waals surface area (Å²) in [6.07, 6.45) is 0.0236. The van der Waals surface area contributed by atoms with Gasteiger partial charge in [-0.3, -0.25) is 16.0 Å². The van der Waals surface area contributed by atoms with E-state index >= 15 is 0 Å². The molecule has 1 fully saturated rings. The minimum absolute atomic E-state index is 0.0125. The number of nitrogens with one attached hydrogen (secondary N) is 3. The van der Waals surface area contributed by atoms with Gasteiger partial charge in [-0.1, -0.05) is 133 Å². The zero-order chi connectivity index (χ0) is 29.7. The van der Waals surface area contributed by atoms with E-state index in [1.54, 1.807) is 0 Å². The molecular weight excluding hydrogens is 567 g/mol. The first-order chi connectivity index (χ1) is 22.3. The Balaban J connectivity index is 1.06. The van der Waals surface area contributed by atoms with Crippen LogP contribution in [0.4, 0.5) is 0 Å². The number of rotatable bonds is 4. The predicted octanol–water partition coefficient (Wildman–Crippen LogP) is 10.2. The minimum Gasteiger partial charge on any atom is -0.279 e. The lowest BCUT2D eigenvalue weighted by molar-refractivity contribution is 0.203. The molecule has 4 heteroatoms. The van der Waals surface area contributed by atoms with E-state index in [2.05, 4.69) is 168 Å². The van der Waals surface area contributed by atoms with E-state index in [0.29, 0.717) is 0 Å². The molecule has 8 aromatic rings. The molecule has 2 atom stereocenters. The first-order valence-corrected chi connectivity index (χ1v) is 16.4. The Bertz CT molecular complexity index is 2260. The highest BCUT2D eigenvalue weighted by Crippen LogP contribution is 2.41. The Morgan fingerprint density at radius 2 is 0.933 bits per heavy atom. The summed E-state index contributed by atoms with van der Waals surface area (Å²) in [5.74, 6) is 0. The molecule has 0 aliphatic carbocycles. The standard InChI is InChI=1S/C41H31N3S/c1-3-9-28(10-4-1)39-42-40(29-11-5-2-6-12-29)44-41(43-39)30-18-15-26(16-19-30)31-21-23-33-32(25-31)20-17-27-22-24-36-38(37(27)33)34-13-7-8-14-35(34)45-36/h1-25,39-44H. The minimum atomic E-state index is -0.0125. The first-order valence-electron chi connectivity index (χ1n) is 15.5. The molecule has 1 aromatic heterocycles.